The summed E-state index contributed by atoms with van der Waals surface area (Å²) in [5.41, 5.74) is 1.90. The zero-order chi connectivity index (χ0) is 14.8. The van der Waals surface area contributed by atoms with E-state index in [1.54, 1.807) is 30.5 Å². The lowest BCUT2D eigenvalue weighted by Crippen LogP contribution is -2.12. The number of nitrogens with zero attached hydrogens (tertiary/aromatic N) is 2. The number of hydrogen-bond acceptors (Lipinski definition) is 4. The van der Waals surface area contributed by atoms with Gasteiger partial charge in [0.1, 0.15) is 11.3 Å². The van der Waals surface area contributed by atoms with Gasteiger partial charge in [0.15, 0.2) is 5.82 Å². The molecule has 5 nitrogen and oxygen atoms in total. The Balaban J connectivity index is 2.16. The molecule has 0 fully saturated rings. The van der Waals surface area contributed by atoms with Crippen LogP contribution < -0.4 is 5.56 Å². The highest BCUT2D eigenvalue weighted by molar-refractivity contribution is 5.69. The highest BCUT2D eigenvalue weighted by atomic mass is 16.3. The van der Waals surface area contributed by atoms with Crippen LogP contribution in [0.5, 0.6) is 5.88 Å². The van der Waals surface area contributed by atoms with Gasteiger partial charge in [0.05, 0.1) is 0 Å². The predicted molar refractivity (Wildman–Crippen MR) is 79.9 cm³/mol. The number of aromatic amines is 1. The van der Waals surface area contributed by atoms with Gasteiger partial charge in [0, 0.05) is 6.20 Å². The quantitative estimate of drug-likeness (QED) is 0.755. The Kier molecular flexibility index (Phi) is 3.23. The predicted octanol–water partition coefficient (Wildman–Crippen LogP) is 2.51. The van der Waals surface area contributed by atoms with Crippen LogP contribution in [-0.2, 0) is 0 Å². The molecule has 104 valence electrons. The van der Waals surface area contributed by atoms with Crippen molar-refractivity contribution in [3.8, 4) is 28.5 Å². The fourth-order valence-corrected chi connectivity index (χ4v) is 2.15. The van der Waals surface area contributed by atoms with E-state index in [1.807, 2.05) is 25.1 Å². The van der Waals surface area contributed by atoms with Crippen molar-refractivity contribution in [1.82, 2.24) is 15.0 Å². The van der Waals surface area contributed by atoms with Crippen LogP contribution in [0.3, 0.4) is 0 Å². The van der Waals surface area contributed by atoms with Gasteiger partial charge < -0.3 is 10.1 Å². The average molecular weight is 279 g/mol. The minimum atomic E-state index is -0.395. The normalized spacial score (nSPS) is 10.5. The highest BCUT2D eigenvalue weighted by Crippen LogP contribution is 2.25. The molecule has 0 unspecified atom stereocenters. The smallest absolute Gasteiger partial charge is 0.262 e. The molecule has 0 saturated carbocycles. The molecule has 0 aliphatic heterocycles. The van der Waals surface area contributed by atoms with E-state index in [-0.39, 0.29) is 17.3 Å². The summed E-state index contributed by atoms with van der Waals surface area (Å²) in [5.74, 6) is -0.0560. The summed E-state index contributed by atoms with van der Waals surface area (Å²) in [6.45, 7) is 1.92. The molecule has 21 heavy (non-hydrogen) atoms. The number of rotatable bonds is 2. The van der Waals surface area contributed by atoms with Crippen molar-refractivity contribution in [2.75, 3.05) is 0 Å². The van der Waals surface area contributed by atoms with Gasteiger partial charge in [-0.2, -0.15) is 4.98 Å². The monoisotopic (exact) mass is 279 g/mol. The number of pyridine rings is 1. The number of hydrogen-bond donors (Lipinski definition) is 2. The minimum Gasteiger partial charge on any atom is -0.493 e. The van der Waals surface area contributed by atoms with E-state index < -0.39 is 5.56 Å². The average Bonchev–Trinajstić information content (AvgIpc) is 2.47. The highest BCUT2D eigenvalue weighted by Gasteiger charge is 2.14. The molecule has 0 spiro atoms. The lowest BCUT2D eigenvalue weighted by molar-refractivity contribution is 0.454. The minimum absolute atomic E-state index is 0.165. The van der Waals surface area contributed by atoms with Gasteiger partial charge in [-0.1, -0.05) is 35.9 Å². The summed E-state index contributed by atoms with van der Waals surface area (Å²) < 4.78 is 0. The first-order valence-corrected chi connectivity index (χ1v) is 6.47. The second-order valence-corrected chi connectivity index (χ2v) is 4.70. The van der Waals surface area contributed by atoms with Crippen molar-refractivity contribution in [3.63, 3.8) is 0 Å². The van der Waals surface area contributed by atoms with Crippen molar-refractivity contribution in [2.45, 2.75) is 6.92 Å². The van der Waals surface area contributed by atoms with E-state index in [0.717, 1.165) is 5.56 Å². The Hall–Kier alpha value is -2.95. The molecular weight excluding hydrogens is 266 g/mol. The Morgan fingerprint density at radius 3 is 2.67 bits per heavy atom. The largest absolute Gasteiger partial charge is 0.493 e. The molecule has 5 heteroatoms. The second-order valence-electron chi connectivity index (χ2n) is 4.70. The summed E-state index contributed by atoms with van der Waals surface area (Å²) >= 11 is 0. The summed E-state index contributed by atoms with van der Waals surface area (Å²) in [7, 11) is 0. The number of aryl methyl sites for hydroxylation is 1. The maximum atomic E-state index is 12.3. The van der Waals surface area contributed by atoms with Crippen molar-refractivity contribution in [3.05, 3.63) is 64.6 Å². The molecule has 0 aliphatic carbocycles. The number of aromatic nitrogens is 3. The third-order valence-electron chi connectivity index (χ3n) is 3.11. The van der Waals surface area contributed by atoms with E-state index >= 15 is 0 Å². The first kappa shape index (κ1) is 13.1. The number of aromatic hydroxyl groups is 1. The molecule has 1 aromatic carbocycles. The molecule has 0 atom stereocenters. The Bertz CT molecular complexity index is 842. The Morgan fingerprint density at radius 2 is 2.00 bits per heavy atom. The van der Waals surface area contributed by atoms with Gasteiger partial charge in [-0.15, -0.1) is 0 Å². The molecule has 2 N–H and O–H groups in total. The van der Waals surface area contributed by atoms with Gasteiger partial charge in [0.25, 0.3) is 5.56 Å². The number of benzene rings is 1. The molecule has 0 amide bonds. The van der Waals surface area contributed by atoms with E-state index in [4.69, 9.17) is 0 Å². The molecule has 0 aliphatic rings. The fraction of sp³-hybridized carbons (Fsp3) is 0.0625. The van der Waals surface area contributed by atoms with Crippen LogP contribution in [-0.4, -0.2) is 20.1 Å². The van der Waals surface area contributed by atoms with E-state index in [9.17, 15) is 9.90 Å². The first-order chi connectivity index (χ1) is 10.1. The van der Waals surface area contributed by atoms with Crippen molar-refractivity contribution < 1.29 is 5.11 Å². The molecule has 3 rings (SSSR count). The Labute approximate surface area is 121 Å². The van der Waals surface area contributed by atoms with E-state index in [2.05, 4.69) is 15.0 Å². The van der Waals surface area contributed by atoms with Crippen LogP contribution in [0.25, 0.3) is 22.6 Å². The summed E-state index contributed by atoms with van der Waals surface area (Å²) in [4.78, 5) is 23.1. The van der Waals surface area contributed by atoms with E-state index in [1.165, 1.54) is 0 Å². The third-order valence-corrected chi connectivity index (χ3v) is 3.11. The first-order valence-electron chi connectivity index (χ1n) is 6.47. The fourth-order valence-electron chi connectivity index (χ4n) is 2.15. The van der Waals surface area contributed by atoms with Gasteiger partial charge >= 0.3 is 0 Å². The molecule has 0 saturated heterocycles. The zero-order valence-electron chi connectivity index (χ0n) is 11.4. The summed E-state index contributed by atoms with van der Waals surface area (Å²) in [6, 6.07) is 12.6. The standard InChI is InChI=1S/C16H13N3O2/c1-10-5-4-6-11(9-10)13-15(20)18-14(19-16(13)21)12-7-2-3-8-17-12/h2-9H,1H3,(H2,18,19,20,21). The van der Waals surface area contributed by atoms with Gasteiger partial charge in [-0.25, -0.2) is 0 Å². The molecular formula is C16H13N3O2. The maximum absolute atomic E-state index is 12.3. The maximum Gasteiger partial charge on any atom is 0.262 e. The van der Waals surface area contributed by atoms with Crippen molar-refractivity contribution in [1.29, 1.82) is 0 Å². The van der Waals surface area contributed by atoms with Crippen LogP contribution in [0.1, 0.15) is 5.56 Å². The van der Waals surface area contributed by atoms with Gasteiger partial charge in [0.2, 0.25) is 5.88 Å². The van der Waals surface area contributed by atoms with Crippen LogP contribution in [0.4, 0.5) is 0 Å². The molecule has 3 aromatic rings. The Morgan fingerprint density at radius 1 is 1.14 bits per heavy atom. The van der Waals surface area contributed by atoms with Crippen molar-refractivity contribution in [2.24, 2.45) is 0 Å². The molecule has 2 heterocycles. The lowest BCUT2D eigenvalue weighted by atomic mass is 10.1. The van der Waals surface area contributed by atoms with Crippen LogP contribution in [0.2, 0.25) is 0 Å². The number of H-pyrrole nitrogens is 1. The second kappa shape index (κ2) is 5.20. The van der Waals surface area contributed by atoms with E-state index in [0.29, 0.717) is 11.3 Å². The topological polar surface area (TPSA) is 78.9 Å². The molecule has 0 radical (unpaired) electrons. The summed E-state index contributed by atoms with van der Waals surface area (Å²) in [5, 5.41) is 10.1. The molecule has 0 bridgehead atoms. The lowest BCUT2D eigenvalue weighted by Gasteiger charge is -2.06. The zero-order valence-corrected chi connectivity index (χ0v) is 11.4. The number of nitrogens with one attached hydrogen (secondary N) is 1. The van der Waals surface area contributed by atoms with Gasteiger partial charge in [-0.05, 0) is 24.6 Å². The van der Waals surface area contributed by atoms with Gasteiger partial charge in [-0.3, -0.25) is 9.78 Å². The summed E-state index contributed by atoms with van der Waals surface area (Å²) in [6.07, 6.45) is 1.60. The van der Waals surface area contributed by atoms with Crippen LogP contribution in [0, 0.1) is 6.92 Å². The van der Waals surface area contributed by atoms with Crippen LogP contribution in [0.15, 0.2) is 53.5 Å². The van der Waals surface area contributed by atoms with Crippen LogP contribution >= 0.6 is 0 Å². The van der Waals surface area contributed by atoms with Crippen molar-refractivity contribution >= 4 is 0 Å². The third kappa shape index (κ3) is 2.53. The SMILES string of the molecule is Cc1cccc(-c2c(O)nc(-c3ccccn3)[nH]c2=O)c1. The molecule has 2 aromatic heterocycles.